The van der Waals surface area contributed by atoms with Crippen molar-refractivity contribution in [1.82, 2.24) is 15.3 Å². The molecule has 6 heteroatoms. The summed E-state index contributed by atoms with van der Waals surface area (Å²) in [6.45, 7) is 4.25. The Morgan fingerprint density at radius 3 is 2.75 bits per heavy atom. The van der Waals surface area contributed by atoms with Crippen molar-refractivity contribution in [3.8, 4) is 11.3 Å². The van der Waals surface area contributed by atoms with Crippen LogP contribution in [0.2, 0.25) is 0 Å². The molecule has 3 aromatic rings. The Kier molecular flexibility index (Phi) is 4.29. The number of nitrogens with one attached hydrogen (secondary N) is 2. The Morgan fingerprint density at radius 1 is 1.21 bits per heavy atom. The largest absolute Gasteiger partial charge is 0.467 e. The Bertz CT molecular complexity index is 927. The van der Waals surface area contributed by atoms with E-state index in [0.717, 1.165) is 16.7 Å². The maximum absolute atomic E-state index is 12.2. The molecule has 24 heavy (non-hydrogen) atoms. The van der Waals surface area contributed by atoms with Gasteiger partial charge in [-0.05, 0) is 49.2 Å². The number of H-pyrrole nitrogens is 1. The van der Waals surface area contributed by atoms with Crippen molar-refractivity contribution < 1.29 is 9.21 Å². The van der Waals surface area contributed by atoms with Crippen LogP contribution in [0.25, 0.3) is 11.3 Å². The summed E-state index contributed by atoms with van der Waals surface area (Å²) in [6, 6.07) is 10.9. The Labute approximate surface area is 138 Å². The highest BCUT2D eigenvalue weighted by Gasteiger charge is 2.11. The van der Waals surface area contributed by atoms with E-state index < -0.39 is 11.6 Å². The van der Waals surface area contributed by atoms with Crippen molar-refractivity contribution in [2.24, 2.45) is 0 Å². The number of hydrogen-bond donors (Lipinski definition) is 2. The molecule has 0 bridgehead atoms. The van der Waals surface area contributed by atoms with Crippen LogP contribution in [0.4, 0.5) is 0 Å². The topological polar surface area (TPSA) is 88.0 Å². The molecular weight excluding hydrogens is 306 g/mol. The lowest BCUT2D eigenvalue weighted by Crippen LogP contribution is -2.27. The highest BCUT2D eigenvalue weighted by Crippen LogP contribution is 2.19. The smallest absolute Gasteiger partial charge is 0.346 e. The predicted molar refractivity (Wildman–Crippen MR) is 89.6 cm³/mol. The van der Waals surface area contributed by atoms with Gasteiger partial charge in [0.15, 0.2) is 0 Å². The van der Waals surface area contributed by atoms with Gasteiger partial charge in [0.2, 0.25) is 0 Å². The number of amides is 1. The summed E-state index contributed by atoms with van der Waals surface area (Å²) in [6.07, 6.45) is 1.54. The third-order valence-electron chi connectivity index (χ3n) is 3.80. The van der Waals surface area contributed by atoms with Gasteiger partial charge in [-0.25, -0.2) is 4.79 Å². The lowest BCUT2D eigenvalue weighted by Gasteiger charge is -2.07. The van der Waals surface area contributed by atoms with Crippen LogP contribution >= 0.6 is 0 Å². The number of benzene rings is 1. The molecule has 2 aromatic heterocycles. The van der Waals surface area contributed by atoms with Crippen LogP contribution in [0.3, 0.4) is 0 Å². The molecule has 2 heterocycles. The normalized spacial score (nSPS) is 10.6. The van der Waals surface area contributed by atoms with Crippen molar-refractivity contribution in [2.45, 2.75) is 20.4 Å². The molecule has 0 aliphatic heterocycles. The van der Waals surface area contributed by atoms with Gasteiger partial charge in [-0.1, -0.05) is 12.1 Å². The van der Waals surface area contributed by atoms with Gasteiger partial charge in [-0.3, -0.25) is 4.79 Å². The zero-order chi connectivity index (χ0) is 17.1. The minimum Gasteiger partial charge on any atom is -0.467 e. The minimum atomic E-state index is -0.561. The van der Waals surface area contributed by atoms with Crippen LogP contribution in [0.1, 0.15) is 27.4 Å². The van der Waals surface area contributed by atoms with Gasteiger partial charge in [0.25, 0.3) is 5.91 Å². The van der Waals surface area contributed by atoms with Crippen molar-refractivity contribution in [3.05, 3.63) is 75.7 Å². The first-order valence-electron chi connectivity index (χ1n) is 7.52. The van der Waals surface area contributed by atoms with Crippen LogP contribution in [0.5, 0.6) is 0 Å². The van der Waals surface area contributed by atoms with Crippen molar-refractivity contribution in [1.29, 1.82) is 0 Å². The fourth-order valence-corrected chi connectivity index (χ4v) is 2.30. The molecule has 0 unspecified atom stereocenters. The average Bonchev–Trinajstić information content (AvgIpc) is 3.08. The van der Waals surface area contributed by atoms with E-state index in [1.165, 1.54) is 6.26 Å². The minimum absolute atomic E-state index is 0.162. The quantitative estimate of drug-likeness (QED) is 0.772. The first-order valence-corrected chi connectivity index (χ1v) is 7.52. The first-order chi connectivity index (χ1) is 11.5. The van der Waals surface area contributed by atoms with Gasteiger partial charge in [0.05, 0.1) is 18.5 Å². The van der Waals surface area contributed by atoms with E-state index in [-0.39, 0.29) is 12.2 Å². The van der Waals surface area contributed by atoms with Gasteiger partial charge in [0.1, 0.15) is 11.5 Å². The molecule has 1 amide bonds. The molecule has 6 nitrogen and oxygen atoms in total. The van der Waals surface area contributed by atoms with Crippen molar-refractivity contribution in [3.63, 3.8) is 0 Å². The second kappa shape index (κ2) is 6.54. The van der Waals surface area contributed by atoms with Gasteiger partial charge < -0.3 is 14.7 Å². The van der Waals surface area contributed by atoms with Gasteiger partial charge in [-0.15, -0.1) is 0 Å². The third-order valence-corrected chi connectivity index (χ3v) is 3.80. The number of aromatic nitrogens is 2. The maximum atomic E-state index is 12.2. The molecule has 0 aliphatic carbocycles. The number of aryl methyl sites for hydroxylation is 2. The van der Waals surface area contributed by atoms with Crippen LogP contribution in [-0.2, 0) is 6.54 Å². The molecule has 2 N–H and O–H groups in total. The zero-order valence-electron chi connectivity index (χ0n) is 13.4. The van der Waals surface area contributed by atoms with Gasteiger partial charge in [-0.2, -0.15) is 4.98 Å². The molecule has 0 aliphatic rings. The predicted octanol–water partition coefficient (Wildman–Crippen LogP) is 2.58. The zero-order valence-corrected chi connectivity index (χ0v) is 13.4. The molecule has 0 saturated carbocycles. The molecule has 122 valence electrons. The molecule has 0 fully saturated rings. The van der Waals surface area contributed by atoms with Gasteiger partial charge >= 0.3 is 5.69 Å². The second-order valence-electron chi connectivity index (χ2n) is 5.55. The Hall–Kier alpha value is -3.15. The van der Waals surface area contributed by atoms with E-state index in [9.17, 15) is 9.59 Å². The second-order valence-corrected chi connectivity index (χ2v) is 5.55. The number of carbonyl (C=O) groups is 1. The Balaban J connectivity index is 1.86. The summed E-state index contributed by atoms with van der Waals surface area (Å²) in [5.74, 6) is 0.241. The molecule has 0 saturated heterocycles. The number of nitrogens with zero attached hydrogens (tertiary/aromatic N) is 1. The number of furan rings is 1. The summed E-state index contributed by atoms with van der Waals surface area (Å²) in [5, 5.41) is 2.70. The lowest BCUT2D eigenvalue weighted by molar-refractivity contribution is 0.0942. The number of aromatic amines is 1. The monoisotopic (exact) mass is 323 g/mol. The summed E-state index contributed by atoms with van der Waals surface area (Å²) >= 11 is 0. The fraction of sp³-hybridized carbons (Fsp3) is 0.167. The highest BCUT2D eigenvalue weighted by atomic mass is 16.3. The van der Waals surface area contributed by atoms with Crippen LogP contribution in [0, 0.1) is 13.8 Å². The first kappa shape index (κ1) is 15.7. The van der Waals surface area contributed by atoms with E-state index in [1.807, 2.05) is 32.0 Å². The van der Waals surface area contributed by atoms with Crippen LogP contribution < -0.4 is 11.0 Å². The van der Waals surface area contributed by atoms with E-state index in [4.69, 9.17) is 4.42 Å². The molecule has 0 radical (unpaired) electrons. The number of hydrogen-bond acceptors (Lipinski definition) is 4. The maximum Gasteiger partial charge on any atom is 0.346 e. The van der Waals surface area contributed by atoms with E-state index in [1.54, 1.807) is 18.2 Å². The molecule has 1 aromatic carbocycles. The number of rotatable bonds is 4. The molecule has 3 rings (SSSR count). The SMILES string of the molecule is Cc1ccc(-c2cc(C(=O)NCc3ccco3)[nH]c(=O)n2)cc1C. The molecule has 0 spiro atoms. The average molecular weight is 323 g/mol. The summed E-state index contributed by atoms with van der Waals surface area (Å²) in [7, 11) is 0. The van der Waals surface area contributed by atoms with Crippen LogP contribution in [-0.4, -0.2) is 15.9 Å². The van der Waals surface area contributed by atoms with Crippen molar-refractivity contribution >= 4 is 5.91 Å². The summed E-state index contributed by atoms with van der Waals surface area (Å²) in [4.78, 5) is 30.5. The van der Waals surface area contributed by atoms with Gasteiger partial charge in [0, 0.05) is 5.56 Å². The molecule has 0 atom stereocenters. The third kappa shape index (κ3) is 3.43. The highest BCUT2D eigenvalue weighted by molar-refractivity contribution is 5.93. The van der Waals surface area contributed by atoms with E-state index in [2.05, 4.69) is 15.3 Å². The Morgan fingerprint density at radius 2 is 2.04 bits per heavy atom. The standard InChI is InChI=1S/C18H17N3O3/c1-11-5-6-13(8-12(11)2)15-9-16(21-18(23)20-15)17(22)19-10-14-4-3-7-24-14/h3-9H,10H2,1-2H3,(H,19,22)(H,20,21,23). The summed E-state index contributed by atoms with van der Waals surface area (Å²) in [5.41, 5.74) is 3.11. The number of carbonyl (C=O) groups excluding carboxylic acids is 1. The molecular formula is C18H17N3O3. The summed E-state index contributed by atoms with van der Waals surface area (Å²) < 4.78 is 5.16. The van der Waals surface area contributed by atoms with E-state index in [0.29, 0.717) is 11.5 Å². The van der Waals surface area contributed by atoms with Crippen LogP contribution in [0.15, 0.2) is 51.9 Å². The lowest BCUT2D eigenvalue weighted by atomic mass is 10.0. The van der Waals surface area contributed by atoms with Crippen molar-refractivity contribution in [2.75, 3.05) is 0 Å². The fourth-order valence-electron chi connectivity index (χ4n) is 2.30. The van der Waals surface area contributed by atoms with E-state index >= 15 is 0 Å².